The summed E-state index contributed by atoms with van der Waals surface area (Å²) < 4.78 is 12.5. The molecular formula is C32H22O2. The van der Waals surface area contributed by atoms with Crippen molar-refractivity contribution in [3.8, 4) is 34.1 Å². The summed E-state index contributed by atoms with van der Waals surface area (Å²) in [5.41, 5.74) is 2.20. The highest BCUT2D eigenvalue weighted by Gasteiger charge is 2.09. The highest BCUT2D eigenvalue weighted by molar-refractivity contribution is 5.93. The van der Waals surface area contributed by atoms with E-state index in [-0.39, 0.29) is 0 Å². The lowest BCUT2D eigenvalue weighted by Crippen LogP contribution is -1.89. The zero-order chi connectivity index (χ0) is 22.7. The molecule has 0 unspecified atom stereocenters. The minimum absolute atomic E-state index is 0.809. The van der Waals surface area contributed by atoms with Gasteiger partial charge in [0.1, 0.15) is 23.0 Å². The molecule has 2 heteroatoms. The number of benzene rings is 6. The predicted octanol–water partition coefficient (Wildman–Crippen LogP) is 9.24. The summed E-state index contributed by atoms with van der Waals surface area (Å²) in [6.45, 7) is 0. The highest BCUT2D eigenvalue weighted by Crippen LogP contribution is 2.36. The number of fused-ring (bicyclic) bond motifs is 2. The van der Waals surface area contributed by atoms with Gasteiger partial charge in [0, 0.05) is 10.8 Å². The van der Waals surface area contributed by atoms with E-state index in [1.807, 2.05) is 78.9 Å². The van der Waals surface area contributed by atoms with Crippen LogP contribution in [0.2, 0.25) is 0 Å². The van der Waals surface area contributed by atoms with Crippen molar-refractivity contribution < 1.29 is 9.47 Å². The fraction of sp³-hybridized carbons (Fsp3) is 0. The first kappa shape index (κ1) is 20.1. The Labute approximate surface area is 198 Å². The van der Waals surface area contributed by atoms with Gasteiger partial charge >= 0.3 is 0 Å². The maximum Gasteiger partial charge on any atom is 0.135 e. The van der Waals surface area contributed by atoms with Gasteiger partial charge in [0.2, 0.25) is 0 Å². The van der Waals surface area contributed by atoms with Gasteiger partial charge in [0.25, 0.3) is 0 Å². The van der Waals surface area contributed by atoms with Crippen LogP contribution in [-0.2, 0) is 0 Å². The van der Waals surface area contributed by atoms with Crippen LogP contribution in [0, 0.1) is 0 Å². The molecule has 0 aromatic heterocycles. The number of rotatable bonds is 5. The van der Waals surface area contributed by atoms with Crippen molar-refractivity contribution in [2.24, 2.45) is 0 Å². The first-order valence-corrected chi connectivity index (χ1v) is 11.4. The maximum absolute atomic E-state index is 6.47. The first-order chi connectivity index (χ1) is 16.8. The molecule has 0 amide bonds. The summed E-state index contributed by atoms with van der Waals surface area (Å²) in [6.07, 6.45) is 0. The van der Waals surface area contributed by atoms with E-state index >= 15 is 0 Å². The predicted molar refractivity (Wildman–Crippen MR) is 140 cm³/mol. The van der Waals surface area contributed by atoms with Crippen molar-refractivity contribution in [1.29, 1.82) is 0 Å². The van der Waals surface area contributed by atoms with Gasteiger partial charge in [-0.1, -0.05) is 91.0 Å². The quantitative estimate of drug-likeness (QED) is 0.267. The fourth-order valence-corrected chi connectivity index (χ4v) is 4.28. The smallest absolute Gasteiger partial charge is 0.135 e. The van der Waals surface area contributed by atoms with E-state index in [2.05, 4.69) is 54.6 Å². The third kappa shape index (κ3) is 3.98. The lowest BCUT2D eigenvalue weighted by molar-refractivity contribution is 0.483. The second kappa shape index (κ2) is 8.76. The van der Waals surface area contributed by atoms with Crippen LogP contribution in [-0.4, -0.2) is 0 Å². The number of ether oxygens (including phenoxy) is 2. The molecule has 0 saturated carbocycles. The maximum atomic E-state index is 6.47. The minimum atomic E-state index is 0.809. The van der Waals surface area contributed by atoms with Crippen LogP contribution in [0.1, 0.15) is 0 Å². The Balaban J connectivity index is 1.38. The summed E-state index contributed by atoms with van der Waals surface area (Å²) >= 11 is 0. The molecule has 6 aromatic rings. The minimum Gasteiger partial charge on any atom is -0.457 e. The average Bonchev–Trinajstić information content (AvgIpc) is 2.90. The molecule has 0 aliphatic rings. The van der Waals surface area contributed by atoms with E-state index in [4.69, 9.17) is 9.47 Å². The Morgan fingerprint density at radius 1 is 0.353 bits per heavy atom. The highest BCUT2D eigenvalue weighted by atomic mass is 16.5. The van der Waals surface area contributed by atoms with Gasteiger partial charge in [-0.15, -0.1) is 0 Å². The van der Waals surface area contributed by atoms with Crippen molar-refractivity contribution >= 4 is 21.5 Å². The molecule has 0 aliphatic carbocycles. The Morgan fingerprint density at radius 2 is 0.971 bits per heavy atom. The summed E-state index contributed by atoms with van der Waals surface area (Å²) in [4.78, 5) is 0. The van der Waals surface area contributed by atoms with E-state index in [9.17, 15) is 0 Å². The van der Waals surface area contributed by atoms with E-state index in [0.29, 0.717) is 0 Å². The fourth-order valence-electron chi connectivity index (χ4n) is 4.28. The Morgan fingerprint density at radius 3 is 1.82 bits per heavy atom. The standard InChI is InChI=1S/C32H22O2/c1-2-13-27(14-3-1)33-28-15-6-12-25(21-28)26-20-19-24-11-8-18-32(30(24)22-26)34-31-17-7-10-23-9-4-5-16-29(23)31/h1-22H. The van der Waals surface area contributed by atoms with Crippen molar-refractivity contribution in [3.63, 3.8) is 0 Å². The molecule has 6 aromatic carbocycles. The molecule has 6 rings (SSSR count). The van der Waals surface area contributed by atoms with E-state index in [1.54, 1.807) is 0 Å². The van der Waals surface area contributed by atoms with Crippen LogP contribution in [0.3, 0.4) is 0 Å². The number of para-hydroxylation sites is 1. The summed E-state index contributed by atoms with van der Waals surface area (Å²) in [5.74, 6) is 3.33. The van der Waals surface area contributed by atoms with Crippen LogP contribution >= 0.6 is 0 Å². The Bertz CT molecular complexity index is 1600. The molecular weight excluding hydrogens is 416 g/mol. The van der Waals surface area contributed by atoms with E-state index in [1.165, 1.54) is 0 Å². The van der Waals surface area contributed by atoms with Crippen molar-refractivity contribution in [1.82, 2.24) is 0 Å². The molecule has 0 bridgehead atoms. The van der Waals surface area contributed by atoms with Crippen LogP contribution in [0.5, 0.6) is 23.0 Å². The van der Waals surface area contributed by atoms with Crippen LogP contribution in [0.25, 0.3) is 32.7 Å². The lowest BCUT2D eigenvalue weighted by Gasteiger charge is -2.13. The van der Waals surface area contributed by atoms with Gasteiger partial charge < -0.3 is 9.47 Å². The second-order valence-corrected chi connectivity index (χ2v) is 8.21. The topological polar surface area (TPSA) is 18.5 Å². The molecule has 0 radical (unpaired) electrons. The summed E-state index contributed by atoms with van der Waals surface area (Å²) in [5, 5.41) is 4.47. The molecule has 0 fully saturated rings. The van der Waals surface area contributed by atoms with E-state index in [0.717, 1.165) is 55.7 Å². The average molecular weight is 439 g/mol. The zero-order valence-electron chi connectivity index (χ0n) is 18.5. The summed E-state index contributed by atoms with van der Waals surface area (Å²) in [7, 11) is 0. The molecule has 2 nitrogen and oxygen atoms in total. The molecule has 162 valence electrons. The van der Waals surface area contributed by atoms with Gasteiger partial charge in [-0.3, -0.25) is 0 Å². The first-order valence-electron chi connectivity index (χ1n) is 11.4. The molecule has 0 spiro atoms. The zero-order valence-corrected chi connectivity index (χ0v) is 18.5. The number of hydrogen-bond donors (Lipinski definition) is 0. The molecule has 0 atom stereocenters. The SMILES string of the molecule is c1ccc(Oc2cccc(-c3ccc4cccc(Oc5cccc6ccccc56)c4c3)c2)cc1. The van der Waals surface area contributed by atoms with Crippen molar-refractivity contribution in [2.45, 2.75) is 0 Å². The van der Waals surface area contributed by atoms with Crippen LogP contribution in [0.15, 0.2) is 133 Å². The molecule has 0 heterocycles. The monoisotopic (exact) mass is 438 g/mol. The molecule has 34 heavy (non-hydrogen) atoms. The third-order valence-electron chi connectivity index (χ3n) is 5.96. The van der Waals surface area contributed by atoms with Crippen molar-refractivity contribution in [2.75, 3.05) is 0 Å². The second-order valence-electron chi connectivity index (χ2n) is 8.21. The Hall–Kier alpha value is -4.56. The Kier molecular flexibility index (Phi) is 5.17. The molecule has 0 N–H and O–H groups in total. The van der Waals surface area contributed by atoms with Crippen molar-refractivity contribution in [3.05, 3.63) is 133 Å². The van der Waals surface area contributed by atoms with E-state index < -0.39 is 0 Å². The normalized spacial score (nSPS) is 10.9. The molecule has 0 aliphatic heterocycles. The van der Waals surface area contributed by atoms with Gasteiger partial charge in [-0.05, 0) is 64.4 Å². The van der Waals surface area contributed by atoms with Gasteiger partial charge in [-0.2, -0.15) is 0 Å². The van der Waals surface area contributed by atoms with Crippen LogP contribution < -0.4 is 9.47 Å². The van der Waals surface area contributed by atoms with Gasteiger partial charge in [-0.25, -0.2) is 0 Å². The largest absolute Gasteiger partial charge is 0.457 e. The summed E-state index contributed by atoms with van der Waals surface area (Å²) in [6, 6.07) is 45.1. The lowest BCUT2D eigenvalue weighted by atomic mass is 10.0. The number of hydrogen-bond acceptors (Lipinski definition) is 2. The molecule has 0 saturated heterocycles. The van der Waals surface area contributed by atoms with Gasteiger partial charge in [0.15, 0.2) is 0 Å². The van der Waals surface area contributed by atoms with Gasteiger partial charge in [0.05, 0.1) is 0 Å². The van der Waals surface area contributed by atoms with Crippen LogP contribution in [0.4, 0.5) is 0 Å². The third-order valence-corrected chi connectivity index (χ3v) is 5.96.